The van der Waals surface area contributed by atoms with Crippen molar-refractivity contribution >= 4 is 36.0 Å². The van der Waals surface area contributed by atoms with Gasteiger partial charge in [-0.1, -0.05) is 23.4 Å². The average Bonchev–Trinajstić information content (AvgIpc) is 3.19. The molecule has 4 rings (SSSR count). The van der Waals surface area contributed by atoms with Crippen LogP contribution in [0.15, 0.2) is 34.9 Å². The predicted octanol–water partition coefficient (Wildman–Crippen LogP) is 1.10. The van der Waals surface area contributed by atoms with Crippen LogP contribution >= 0.6 is 12.4 Å². The summed E-state index contributed by atoms with van der Waals surface area (Å²) in [4.78, 5) is 21.1. The first-order chi connectivity index (χ1) is 12.7. The number of anilines is 4. The zero-order valence-electron chi connectivity index (χ0n) is 14.7. The monoisotopic (exact) mass is 389 g/mol. The predicted molar refractivity (Wildman–Crippen MR) is 104 cm³/mol. The number of hydrogen-bond acceptors (Lipinski definition) is 10. The van der Waals surface area contributed by atoms with E-state index >= 15 is 0 Å². The van der Waals surface area contributed by atoms with E-state index in [0.717, 1.165) is 31.9 Å². The second-order valence-electron chi connectivity index (χ2n) is 5.85. The third-order valence-electron chi connectivity index (χ3n) is 4.09. The van der Waals surface area contributed by atoms with Gasteiger partial charge in [-0.15, -0.1) is 12.4 Å². The highest BCUT2D eigenvalue weighted by Crippen LogP contribution is 2.23. The fourth-order valence-electron chi connectivity index (χ4n) is 2.69. The second-order valence-corrected chi connectivity index (χ2v) is 5.85. The van der Waals surface area contributed by atoms with E-state index in [1.54, 1.807) is 0 Å². The van der Waals surface area contributed by atoms with Gasteiger partial charge in [-0.3, -0.25) is 0 Å². The van der Waals surface area contributed by atoms with Gasteiger partial charge in [0.05, 0.1) is 0 Å². The van der Waals surface area contributed by atoms with Crippen LogP contribution in [0.25, 0.3) is 11.6 Å². The summed E-state index contributed by atoms with van der Waals surface area (Å²) < 4.78 is 5.37. The van der Waals surface area contributed by atoms with Crippen molar-refractivity contribution in [2.75, 3.05) is 48.8 Å². The van der Waals surface area contributed by atoms with Crippen LogP contribution in [0, 0.1) is 0 Å². The SMILES string of the molecule is CN(c1ccccc1)c1nc(N)nc(-c2noc(N3CCNCC3)n2)n1.Cl. The lowest BCUT2D eigenvalue weighted by atomic mass is 10.3. The van der Waals surface area contributed by atoms with Crippen molar-refractivity contribution in [3.8, 4) is 11.6 Å². The first-order valence-corrected chi connectivity index (χ1v) is 8.31. The van der Waals surface area contributed by atoms with Gasteiger partial charge in [0.2, 0.25) is 23.5 Å². The topological polar surface area (TPSA) is 122 Å². The highest BCUT2D eigenvalue weighted by molar-refractivity contribution is 5.85. The molecule has 142 valence electrons. The van der Waals surface area contributed by atoms with Gasteiger partial charge in [-0.25, -0.2) is 0 Å². The summed E-state index contributed by atoms with van der Waals surface area (Å²) in [6.45, 7) is 3.37. The van der Waals surface area contributed by atoms with E-state index in [9.17, 15) is 0 Å². The van der Waals surface area contributed by atoms with Crippen molar-refractivity contribution in [3.05, 3.63) is 30.3 Å². The van der Waals surface area contributed by atoms with E-state index in [1.165, 1.54) is 0 Å². The molecule has 0 amide bonds. The number of nitrogens with one attached hydrogen (secondary N) is 1. The number of nitrogen functional groups attached to an aromatic ring is 1. The molecule has 3 heterocycles. The summed E-state index contributed by atoms with van der Waals surface area (Å²) in [5, 5.41) is 7.28. The molecular formula is C16H20ClN9O. The molecule has 3 N–H and O–H groups in total. The lowest BCUT2D eigenvalue weighted by molar-refractivity contribution is 0.405. The molecule has 1 aliphatic heterocycles. The van der Waals surface area contributed by atoms with Crippen LogP contribution in [0.5, 0.6) is 0 Å². The number of piperazine rings is 1. The lowest BCUT2D eigenvalue weighted by Crippen LogP contribution is -2.43. The summed E-state index contributed by atoms with van der Waals surface area (Å²) in [7, 11) is 1.86. The fourth-order valence-corrected chi connectivity index (χ4v) is 2.69. The number of benzene rings is 1. The zero-order chi connectivity index (χ0) is 17.9. The highest BCUT2D eigenvalue weighted by atomic mass is 35.5. The van der Waals surface area contributed by atoms with Crippen LogP contribution in [0.4, 0.5) is 23.6 Å². The summed E-state index contributed by atoms with van der Waals surface area (Å²) >= 11 is 0. The Morgan fingerprint density at radius 3 is 2.52 bits per heavy atom. The normalized spacial score (nSPS) is 13.9. The quantitative estimate of drug-likeness (QED) is 0.670. The van der Waals surface area contributed by atoms with Crippen LogP contribution in [0.1, 0.15) is 0 Å². The molecule has 1 aliphatic rings. The third-order valence-corrected chi connectivity index (χ3v) is 4.09. The van der Waals surface area contributed by atoms with Crippen molar-refractivity contribution in [2.24, 2.45) is 0 Å². The maximum absolute atomic E-state index is 5.87. The first-order valence-electron chi connectivity index (χ1n) is 8.31. The Balaban J connectivity index is 0.00000210. The Hall–Kier alpha value is -2.98. The van der Waals surface area contributed by atoms with E-state index in [2.05, 4.69) is 30.4 Å². The van der Waals surface area contributed by atoms with Crippen molar-refractivity contribution in [3.63, 3.8) is 0 Å². The smallest absolute Gasteiger partial charge is 0.324 e. The summed E-state index contributed by atoms with van der Waals surface area (Å²) in [5.41, 5.74) is 6.80. The largest absolute Gasteiger partial charge is 0.368 e. The van der Waals surface area contributed by atoms with E-state index in [1.807, 2.05) is 47.2 Å². The highest BCUT2D eigenvalue weighted by Gasteiger charge is 2.20. The number of rotatable bonds is 4. The number of nitrogens with zero attached hydrogens (tertiary/aromatic N) is 7. The van der Waals surface area contributed by atoms with E-state index < -0.39 is 0 Å². The lowest BCUT2D eigenvalue weighted by Gasteiger charge is -2.24. The minimum absolute atomic E-state index is 0. The molecule has 1 aromatic carbocycles. The Bertz CT molecular complexity index is 883. The van der Waals surface area contributed by atoms with Crippen LogP contribution in [-0.2, 0) is 0 Å². The minimum Gasteiger partial charge on any atom is -0.368 e. The minimum atomic E-state index is 0. The Morgan fingerprint density at radius 2 is 1.78 bits per heavy atom. The van der Waals surface area contributed by atoms with Crippen LogP contribution in [-0.4, -0.2) is 58.3 Å². The number of nitrogens with two attached hydrogens (primary N) is 1. The van der Waals surface area contributed by atoms with Crippen molar-refractivity contribution < 1.29 is 4.52 Å². The molecule has 27 heavy (non-hydrogen) atoms. The molecule has 0 bridgehead atoms. The third kappa shape index (κ3) is 4.07. The molecule has 0 saturated carbocycles. The van der Waals surface area contributed by atoms with Gasteiger partial charge in [0.25, 0.3) is 0 Å². The van der Waals surface area contributed by atoms with Crippen LogP contribution < -0.4 is 20.9 Å². The number of halogens is 1. The van der Waals surface area contributed by atoms with Gasteiger partial charge in [-0.05, 0) is 12.1 Å². The number of para-hydroxylation sites is 1. The zero-order valence-corrected chi connectivity index (χ0v) is 15.6. The number of aromatic nitrogens is 5. The van der Waals surface area contributed by atoms with Crippen LogP contribution in [0.2, 0.25) is 0 Å². The molecule has 10 nitrogen and oxygen atoms in total. The fraction of sp³-hybridized carbons (Fsp3) is 0.312. The van der Waals surface area contributed by atoms with Gasteiger partial charge >= 0.3 is 6.01 Å². The second kappa shape index (κ2) is 8.14. The van der Waals surface area contributed by atoms with Crippen LogP contribution in [0.3, 0.4) is 0 Å². The Labute approximate surface area is 162 Å². The molecule has 2 aromatic heterocycles. The molecule has 0 unspecified atom stereocenters. The standard InChI is InChI=1S/C16H19N9O.ClH/c1-24(11-5-3-2-4-6-11)15-20-12(19-14(17)22-15)13-21-16(26-23-13)25-9-7-18-8-10-25;/h2-6,18H,7-10H2,1H3,(H2,17,19,20,22);1H. The molecular weight excluding hydrogens is 370 g/mol. The Morgan fingerprint density at radius 1 is 1.04 bits per heavy atom. The summed E-state index contributed by atoms with van der Waals surface area (Å²) in [6.07, 6.45) is 0. The maximum Gasteiger partial charge on any atom is 0.324 e. The van der Waals surface area contributed by atoms with Gasteiger partial charge < -0.3 is 25.4 Å². The molecule has 0 atom stereocenters. The van der Waals surface area contributed by atoms with Crippen molar-refractivity contribution in [2.45, 2.75) is 0 Å². The van der Waals surface area contributed by atoms with Gasteiger partial charge in [-0.2, -0.15) is 19.9 Å². The maximum atomic E-state index is 5.87. The van der Waals surface area contributed by atoms with E-state index in [4.69, 9.17) is 10.3 Å². The molecule has 11 heteroatoms. The molecule has 1 fully saturated rings. The molecule has 1 saturated heterocycles. The molecule has 0 spiro atoms. The first kappa shape index (κ1) is 18.8. The van der Waals surface area contributed by atoms with Gasteiger partial charge in [0, 0.05) is 38.9 Å². The Kier molecular flexibility index (Phi) is 5.67. The van der Waals surface area contributed by atoms with Crippen molar-refractivity contribution in [1.29, 1.82) is 0 Å². The molecule has 0 radical (unpaired) electrons. The average molecular weight is 390 g/mol. The van der Waals surface area contributed by atoms with Gasteiger partial charge in [0.1, 0.15) is 0 Å². The van der Waals surface area contributed by atoms with E-state index in [0.29, 0.717) is 12.0 Å². The molecule has 0 aliphatic carbocycles. The van der Waals surface area contributed by atoms with Gasteiger partial charge in [0.15, 0.2) is 0 Å². The number of hydrogen-bond donors (Lipinski definition) is 2. The summed E-state index contributed by atoms with van der Waals surface area (Å²) in [5.74, 6) is 1.07. The summed E-state index contributed by atoms with van der Waals surface area (Å²) in [6, 6.07) is 10.2. The molecule has 3 aromatic rings. The van der Waals surface area contributed by atoms with Crippen molar-refractivity contribution in [1.82, 2.24) is 30.4 Å². The van der Waals surface area contributed by atoms with E-state index in [-0.39, 0.29) is 30.0 Å².